The van der Waals surface area contributed by atoms with E-state index in [2.05, 4.69) is 31.9 Å². The van der Waals surface area contributed by atoms with Gasteiger partial charge < -0.3 is 4.74 Å². The van der Waals surface area contributed by atoms with Crippen LogP contribution >= 0.6 is 31.9 Å². The number of rotatable bonds is 4. The summed E-state index contributed by atoms with van der Waals surface area (Å²) in [5.74, 6) is 0.544. The minimum atomic E-state index is -0.246. The summed E-state index contributed by atoms with van der Waals surface area (Å²) in [6.45, 7) is 0.348. The van der Waals surface area contributed by atoms with E-state index in [-0.39, 0.29) is 5.82 Å². The predicted molar refractivity (Wildman–Crippen MR) is 77.5 cm³/mol. The van der Waals surface area contributed by atoms with Crippen molar-refractivity contribution in [3.63, 3.8) is 0 Å². The molecule has 0 amide bonds. The Balaban J connectivity index is 2.15. The third-order valence-electron chi connectivity index (χ3n) is 2.46. The van der Waals surface area contributed by atoms with Crippen LogP contribution in [0.4, 0.5) is 4.39 Å². The zero-order valence-corrected chi connectivity index (χ0v) is 12.7. The number of ether oxygens (including phenoxy) is 1. The van der Waals surface area contributed by atoms with E-state index in [9.17, 15) is 4.39 Å². The summed E-state index contributed by atoms with van der Waals surface area (Å²) in [4.78, 5) is 0. The van der Waals surface area contributed by atoms with Gasteiger partial charge in [-0.25, -0.2) is 4.39 Å². The maximum Gasteiger partial charge on any atom is 0.138 e. The zero-order valence-electron chi connectivity index (χ0n) is 9.50. The van der Waals surface area contributed by atoms with Crippen molar-refractivity contribution in [2.45, 2.75) is 11.9 Å². The van der Waals surface area contributed by atoms with E-state index in [0.717, 1.165) is 21.3 Å². The molecule has 94 valence electrons. The molecule has 1 nitrogen and oxygen atoms in total. The maximum atomic E-state index is 13.0. The molecule has 0 atom stereocenters. The van der Waals surface area contributed by atoms with Crippen LogP contribution in [0.1, 0.15) is 11.1 Å². The molecule has 0 bridgehead atoms. The summed E-state index contributed by atoms with van der Waals surface area (Å²) in [6, 6.07) is 12.3. The Labute approximate surface area is 122 Å². The monoisotopic (exact) mass is 372 g/mol. The third-order valence-corrected chi connectivity index (χ3v) is 3.69. The van der Waals surface area contributed by atoms with Gasteiger partial charge in [0.05, 0.1) is 4.47 Å². The molecule has 0 N–H and O–H groups in total. The zero-order chi connectivity index (χ0) is 13.0. The van der Waals surface area contributed by atoms with Crippen LogP contribution in [0.25, 0.3) is 0 Å². The molecule has 18 heavy (non-hydrogen) atoms. The Morgan fingerprint density at radius 2 is 1.89 bits per heavy atom. The Morgan fingerprint density at radius 1 is 1.11 bits per heavy atom. The van der Waals surface area contributed by atoms with Gasteiger partial charge in [-0.2, -0.15) is 0 Å². The lowest BCUT2D eigenvalue weighted by molar-refractivity contribution is 0.301. The SMILES string of the molecule is Fc1cccc(COc2c(Br)cccc2CBr)c1. The molecule has 0 unspecified atom stereocenters. The molecule has 0 aliphatic rings. The van der Waals surface area contributed by atoms with Crippen molar-refractivity contribution in [1.82, 2.24) is 0 Å². The normalized spacial score (nSPS) is 10.4. The van der Waals surface area contributed by atoms with E-state index in [1.807, 2.05) is 24.3 Å². The molecule has 0 spiro atoms. The standard InChI is InChI=1S/C14H11Br2FO/c15-8-11-4-2-6-13(16)14(11)18-9-10-3-1-5-12(17)7-10/h1-7H,8-9H2. The Morgan fingerprint density at radius 3 is 2.61 bits per heavy atom. The fourth-order valence-electron chi connectivity index (χ4n) is 1.60. The molecule has 0 saturated carbocycles. The fraction of sp³-hybridized carbons (Fsp3) is 0.143. The third kappa shape index (κ3) is 3.33. The molecule has 2 aromatic rings. The first kappa shape index (κ1) is 13.6. The van der Waals surface area contributed by atoms with Crippen molar-refractivity contribution in [2.75, 3.05) is 0 Å². The van der Waals surface area contributed by atoms with E-state index in [4.69, 9.17) is 4.74 Å². The molecule has 0 fully saturated rings. The van der Waals surface area contributed by atoms with Gasteiger partial charge >= 0.3 is 0 Å². The number of alkyl halides is 1. The van der Waals surface area contributed by atoms with E-state index < -0.39 is 0 Å². The number of para-hydroxylation sites is 1. The molecular weight excluding hydrogens is 363 g/mol. The summed E-state index contributed by atoms with van der Waals surface area (Å²) in [5, 5.41) is 0.713. The van der Waals surface area contributed by atoms with Gasteiger partial charge in [-0.3, -0.25) is 0 Å². The molecular formula is C14H11Br2FO. The fourth-order valence-corrected chi connectivity index (χ4v) is 2.57. The van der Waals surface area contributed by atoms with Crippen LogP contribution in [0.5, 0.6) is 5.75 Å². The number of hydrogen-bond acceptors (Lipinski definition) is 1. The largest absolute Gasteiger partial charge is 0.487 e. The molecule has 0 aliphatic carbocycles. The van der Waals surface area contributed by atoms with E-state index in [0.29, 0.717) is 11.9 Å². The van der Waals surface area contributed by atoms with E-state index >= 15 is 0 Å². The summed E-state index contributed by atoms with van der Waals surface area (Å²) < 4.78 is 19.7. The average Bonchev–Trinajstić information content (AvgIpc) is 2.37. The summed E-state index contributed by atoms with van der Waals surface area (Å²) in [5.41, 5.74) is 1.87. The predicted octanol–water partition coefficient (Wildman–Crippen LogP) is 5.06. The average molecular weight is 374 g/mol. The molecule has 0 aliphatic heterocycles. The van der Waals surface area contributed by atoms with Gasteiger partial charge in [0.15, 0.2) is 0 Å². The van der Waals surface area contributed by atoms with Gasteiger partial charge in [0.1, 0.15) is 18.2 Å². The molecule has 0 heterocycles. The van der Waals surface area contributed by atoms with Crippen molar-refractivity contribution >= 4 is 31.9 Å². The highest BCUT2D eigenvalue weighted by Crippen LogP contribution is 2.31. The van der Waals surface area contributed by atoms with Gasteiger partial charge in [-0.15, -0.1) is 0 Å². The second-order valence-electron chi connectivity index (χ2n) is 3.78. The number of hydrogen-bond donors (Lipinski definition) is 0. The smallest absolute Gasteiger partial charge is 0.138 e. The lowest BCUT2D eigenvalue weighted by atomic mass is 10.2. The Bertz CT molecular complexity index is 543. The van der Waals surface area contributed by atoms with Gasteiger partial charge in [0, 0.05) is 10.9 Å². The molecule has 0 aromatic heterocycles. The van der Waals surface area contributed by atoms with Crippen molar-refractivity contribution in [2.24, 2.45) is 0 Å². The van der Waals surface area contributed by atoms with Crippen LogP contribution in [0, 0.1) is 5.82 Å². The van der Waals surface area contributed by atoms with Crippen molar-refractivity contribution in [3.8, 4) is 5.75 Å². The maximum absolute atomic E-state index is 13.0. The van der Waals surface area contributed by atoms with Crippen molar-refractivity contribution in [3.05, 3.63) is 63.9 Å². The van der Waals surface area contributed by atoms with Crippen molar-refractivity contribution in [1.29, 1.82) is 0 Å². The van der Waals surface area contributed by atoms with Crippen LogP contribution in [0.2, 0.25) is 0 Å². The summed E-state index contributed by atoms with van der Waals surface area (Å²) >= 11 is 6.88. The van der Waals surface area contributed by atoms with Crippen LogP contribution in [-0.2, 0) is 11.9 Å². The topological polar surface area (TPSA) is 9.23 Å². The highest BCUT2D eigenvalue weighted by atomic mass is 79.9. The Kier molecular flexibility index (Phi) is 4.78. The lowest BCUT2D eigenvalue weighted by Crippen LogP contribution is -1.99. The summed E-state index contributed by atoms with van der Waals surface area (Å²) in [7, 11) is 0. The molecule has 2 rings (SSSR count). The highest BCUT2D eigenvalue weighted by Gasteiger charge is 2.07. The molecule has 2 aromatic carbocycles. The second kappa shape index (κ2) is 6.34. The van der Waals surface area contributed by atoms with Crippen LogP contribution < -0.4 is 4.74 Å². The van der Waals surface area contributed by atoms with Gasteiger partial charge in [0.25, 0.3) is 0 Å². The van der Waals surface area contributed by atoms with Crippen LogP contribution in [0.3, 0.4) is 0 Å². The minimum absolute atomic E-state index is 0.246. The van der Waals surface area contributed by atoms with Gasteiger partial charge in [0.2, 0.25) is 0 Å². The molecule has 0 saturated heterocycles. The minimum Gasteiger partial charge on any atom is -0.487 e. The Hall–Kier alpha value is -0.870. The first-order valence-electron chi connectivity index (χ1n) is 5.41. The number of halogens is 3. The summed E-state index contributed by atoms with van der Waals surface area (Å²) in [6.07, 6.45) is 0. The molecule has 4 heteroatoms. The second-order valence-corrected chi connectivity index (χ2v) is 5.20. The van der Waals surface area contributed by atoms with Gasteiger partial charge in [-0.1, -0.05) is 40.2 Å². The first-order chi connectivity index (χ1) is 8.70. The van der Waals surface area contributed by atoms with E-state index in [1.165, 1.54) is 12.1 Å². The molecule has 0 radical (unpaired) electrons. The van der Waals surface area contributed by atoms with Crippen LogP contribution in [0.15, 0.2) is 46.9 Å². The van der Waals surface area contributed by atoms with Crippen molar-refractivity contribution < 1.29 is 9.13 Å². The van der Waals surface area contributed by atoms with E-state index in [1.54, 1.807) is 6.07 Å². The van der Waals surface area contributed by atoms with Gasteiger partial charge in [-0.05, 0) is 39.7 Å². The quantitative estimate of drug-likeness (QED) is 0.680. The highest BCUT2D eigenvalue weighted by molar-refractivity contribution is 9.10. The lowest BCUT2D eigenvalue weighted by Gasteiger charge is -2.12. The van der Waals surface area contributed by atoms with Crippen LogP contribution in [-0.4, -0.2) is 0 Å². The first-order valence-corrected chi connectivity index (χ1v) is 7.32. The number of benzene rings is 2.